The molecule has 3 N–H and O–H groups in total. The molecule has 0 unspecified atom stereocenters. The number of carbonyl (C=O) groups is 1. The van der Waals surface area contributed by atoms with E-state index in [9.17, 15) is 4.79 Å². The molecule has 13 heavy (non-hydrogen) atoms. The predicted molar refractivity (Wildman–Crippen MR) is 58.9 cm³/mol. The fourth-order valence-corrected chi connectivity index (χ4v) is 1.64. The van der Waals surface area contributed by atoms with Crippen LogP contribution in [0, 0.1) is 0 Å². The zero-order chi connectivity index (χ0) is 10.3. The lowest BCUT2D eigenvalue weighted by atomic mass is 10.0. The molecule has 0 radical (unpaired) electrons. The molecule has 0 aliphatic carbocycles. The third-order valence-electron chi connectivity index (χ3n) is 1.67. The van der Waals surface area contributed by atoms with Crippen molar-refractivity contribution in [1.29, 1.82) is 0 Å². The Hall–Kier alpha value is -0.220. The van der Waals surface area contributed by atoms with E-state index in [1.807, 2.05) is 25.6 Å². The number of rotatable bonds is 7. The molecule has 3 nitrogen and oxygen atoms in total. The smallest absolute Gasteiger partial charge is 0.219 e. The summed E-state index contributed by atoms with van der Waals surface area (Å²) in [6.07, 6.45) is 0.393. The number of amides is 1. The third kappa shape index (κ3) is 8.12. The molecule has 0 saturated carbocycles. The van der Waals surface area contributed by atoms with Crippen molar-refractivity contribution in [2.24, 2.45) is 5.73 Å². The molecular weight excluding hydrogens is 184 g/mol. The van der Waals surface area contributed by atoms with E-state index in [4.69, 9.17) is 5.73 Å². The van der Waals surface area contributed by atoms with Gasteiger partial charge in [-0.1, -0.05) is 6.92 Å². The summed E-state index contributed by atoms with van der Waals surface area (Å²) in [6, 6.07) is 0. The van der Waals surface area contributed by atoms with Gasteiger partial charge < -0.3 is 11.1 Å². The highest BCUT2D eigenvalue weighted by Gasteiger charge is 2.18. The van der Waals surface area contributed by atoms with Crippen LogP contribution in [0.4, 0.5) is 0 Å². The van der Waals surface area contributed by atoms with E-state index < -0.39 is 0 Å². The number of hydrogen-bond acceptors (Lipinski definition) is 3. The maximum Gasteiger partial charge on any atom is 0.219 e. The van der Waals surface area contributed by atoms with Crippen molar-refractivity contribution in [1.82, 2.24) is 5.32 Å². The second-order valence-corrected chi connectivity index (χ2v) is 5.04. The van der Waals surface area contributed by atoms with E-state index in [1.54, 1.807) is 0 Å². The summed E-state index contributed by atoms with van der Waals surface area (Å²) in [6.45, 7) is 7.06. The highest BCUT2D eigenvalue weighted by atomic mass is 32.2. The molecule has 0 fully saturated rings. The van der Waals surface area contributed by atoms with E-state index in [0.29, 0.717) is 6.42 Å². The number of thioether (sulfide) groups is 1. The van der Waals surface area contributed by atoms with Gasteiger partial charge in [0, 0.05) is 24.3 Å². The molecule has 0 aliphatic heterocycles. The van der Waals surface area contributed by atoms with Crippen molar-refractivity contribution < 1.29 is 4.79 Å². The van der Waals surface area contributed by atoms with E-state index in [2.05, 4.69) is 12.2 Å². The Balaban J connectivity index is 3.56. The van der Waals surface area contributed by atoms with Gasteiger partial charge in [-0.3, -0.25) is 4.79 Å². The number of nitrogens with one attached hydrogen (secondary N) is 1. The summed E-state index contributed by atoms with van der Waals surface area (Å²) in [7, 11) is 0. The average molecular weight is 204 g/mol. The minimum absolute atomic E-state index is 0.167. The highest BCUT2D eigenvalue weighted by Crippen LogP contribution is 2.07. The first-order chi connectivity index (χ1) is 5.98. The van der Waals surface area contributed by atoms with Gasteiger partial charge in [0.1, 0.15) is 0 Å². The van der Waals surface area contributed by atoms with E-state index in [0.717, 1.165) is 18.1 Å². The molecule has 0 atom stereocenters. The molecular formula is C9H20N2OS. The Bertz CT molecular complexity index is 160. The first-order valence-electron chi connectivity index (χ1n) is 4.59. The number of nitrogens with two attached hydrogens (primary N) is 1. The van der Waals surface area contributed by atoms with Gasteiger partial charge in [-0.05, 0) is 19.6 Å². The lowest BCUT2D eigenvalue weighted by Gasteiger charge is -2.24. The van der Waals surface area contributed by atoms with Crippen molar-refractivity contribution in [2.75, 3.05) is 18.1 Å². The zero-order valence-corrected chi connectivity index (χ0v) is 9.54. The normalized spacial score (nSPS) is 11.6. The van der Waals surface area contributed by atoms with Crippen molar-refractivity contribution in [3.63, 3.8) is 0 Å². The summed E-state index contributed by atoms with van der Waals surface area (Å²) in [5.41, 5.74) is 4.96. The monoisotopic (exact) mass is 204 g/mol. The second-order valence-electron chi connectivity index (χ2n) is 3.65. The largest absolute Gasteiger partial charge is 0.370 e. The Morgan fingerprint density at radius 2 is 2.15 bits per heavy atom. The van der Waals surface area contributed by atoms with E-state index >= 15 is 0 Å². The molecule has 0 aromatic heterocycles. The predicted octanol–water partition coefficient (Wildman–Crippen LogP) is 0.983. The molecule has 4 heteroatoms. The van der Waals surface area contributed by atoms with Crippen LogP contribution in [-0.4, -0.2) is 29.5 Å². The molecule has 0 saturated heterocycles. The van der Waals surface area contributed by atoms with Crippen molar-refractivity contribution in [2.45, 2.75) is 32.7 Å². The van der Waals surface area contributed by atoms with E-state index in [-0.39, 0.29) is 11.4 Å². The molecule has 0 rings (SSSR count). The molecule has 0 aromatic rings. The molecule has 0 bridgehead atoms. The van der Waals surface area contributed by atoms with E-state index in [1.165, 1.54) is 0 Å². The van der Waals surface area contributed by atoms with Crippen LogP contribution in [0.3, 0.4) is 0 Å². The van der Waals surface area contributed by atoms with Crippen LogP contribution in [0.25, 0.3) is 0 Å². The molecule has 0 aliphatic rings. The highest BCUT2D eigenvalue weighted by molar-refractivity contribution is 7.99. The molecule has 0 aromatic carbocycles. The van der Waals surface area contributed by atoms with Crippen molar-refractivity contribution in [3.8, 4) is 0 Å². The minimum Gasteiger partial charge on any atom is -0.370 e. The number of primary amides is 1. The van der Waals surface area contributed by atoms with Gasteiger partial charge in [0.05, 0.1) is 0 Å². The standard InChI is InChI=1S/C9H20N2OS/c1-4-13-6-5-11-9(2,3)7-8(10)12/h11H,4-7H2,1-3H3,(H2,10,12). The van der Waals surface area contributed by atoms with Gasteiger partial charge in [-0.2, -0.15) is 11.8 Å². The number of hydrogen-bond donors (Lipinski definition) is 2. The van der Waals surface area contributed by atoms with Crippen LogP contribution < -0.4 is 11.1 Å². The Morgan fingerprint density at radius 1 is 1.54 bits per heavy atom. The fourth-order valence-electron chi connectivity index (χ4n) is 1.10. The van der Waals surface area contributed by atoms with Crippen LogP contribution >= 0.6 is 11.8 Å². The average Bonchev–Trinajstić information content (AvgIpc) is 1.95. The summed E-state index contributed by atoms with van der Waals surface area (Å²) >= 11 is 1.89. The van der Waals surface area contributed by atoms with Crippen molar-refractivity contribution in [3.05, 3.63) is 0 Å². The SMILES string of the molecule is CCSCCNC(C)(C)CC(N)=O. The van der Waals surface area contributed by atoms with Gasteiger partial charge in [0.15, 0.2) is 0 Å². The first-order valence-corrected chi connectivity index (χ1v) is 5.74. The van der Waals surface area contributed by atoms with Gasteiger partial charge in [-0.25, -0.2) is 0 Å². The Kier molecular flexibility index (Phi) is 6.16. The topological polar surface area (TPSA) is 55.1 Å². The molecule has 1 amide bonds. The van der Waals surface area contributed by atoms with Crippen LogP contribution in [0.15, 0.2) is 0 Å². The van der Waals surface area contributed by atoms with Gasteiger partial charge >= 0.3 is 0 Å². The molecule has 78 valence electrons. The zero-order valence-electron chi connectivity index (χ0n) is 8.72. The summed E-state index contributed by atoms with van der Waals surface area (Å²) < 4.78 is 0. The fraction of sp³-hybridized carbons (Fsp3) is 0.889. The van der Waals surface area contributed by atoms with Crippen LogP contribution in [0.1, 0.15) is 27.2 Å². The van der Waals surface area contributed by atoms with Crippen LogP contribution in [0.2, 0.25) is 0 Å². The maximum absolute atomic E-state index is 10.7. The summed E-state index contributed by atoms with van der Waals surface area (Å²) in [5, 5.41) is 3.30. The van der Waals surface area contributed by atoms with Crippen molar-refractivity contribution >= 4 is 17.7 Å². The quantitative estimate of drug-likeness (QED) is 0.608. The Morgan fingerprint density at radius 3 is 2.62 bits per heavy atom. The van der Waals surface area contributed by atoms with Crippen LogP contribution in [-0.2, 0) is 4.79 Å². The Labute approximate surface area is 84.8 Å². The van der Waals surface area contributed by atoms with Gasteiger partial charge in [-0.15, -0.1) is 0 Å². The van der Waals surface area contributed by atoms with Crippen LogP contribution in [0.5, 0.6) is 0 Å². The first kappa shape index (κ1) is 12.8. The summed E-state index contributed by atoms with van der Waals surface area (Å²) in [4.78, 5) is 10.7. The lowest BCUT2D eigenvalue weighted by Crippen LogP contribution is -2.43. The summed E-state index contributed by atoms with van der Waals surface area (Å²) in [5.74, 6) is 1.97. The van der Waals surface area contributed by atoms with Gasteiger partial charge in [0.2, 0.25) is 5.91 Å². The molecule has 0 heterocycles. The second kappa shape index (κ2) is 6.27. The van der Waals surface area contributed by atoms with Gasteiger partial charge in [0.25, 0.3) is 0 Å². The third-order valence-corrected chi connectivity index (χ3v) is 2.57. The number of carbonyl (C=O) groups excluding carboxylic acids is 1. The lowest BCUT2D eigenvalue weighted by molar-refractivity contribution is -0.119. The molecule has 0 spiro atoms. The maximum atomic E-state index is 10.7. The minimum atomic E-state index is -0.249.